The minimum absolute atomic E-state index is 0.127. The number of nitrogens with zero attached hydrogens (tertiary/aromatic N) is 3. The van der Waals surface area contributed by atoms with Crippen LogP contribution in [0.5, 0.6) is 0 Å². The molecule has 0 atom stereocenters. The van der Waals surface area contributed by atoms with Crippen LogP contribution in [0.1, 0.15) is 24.2 Å². The van der Waals surface area contributed by atoms with E-state index < -0.39 is 10.0 Å². The van der Waals surface area contributed by atoms with Crippen LogP contribution in [0.25, 0.3) is 0 Å². The summed E-state index contributed by atoms with van der Waals surface area (Å²) in [6.45, 7) is 3.91. The summed E-state index contributed by atoms with van der Waals surface area (Å²) < 4.78 is 27.7. The second-order valence-electron chi connectivity index (χ2n) is 5.38. The third-order valence-corrected chi connectivity index (χ3v) is 6.67. The second-order valence-corrected chi connectivity index (χ2v) is 9.09. The van der Waals surface area contributed by atoms with Crippen LogP contribution >= 0.6 is 22.9 Å². The normalized spacial score (nSPS) is 15.3. The molecule has 1 saturated heterocycles. The number of hydrogen-bond donors (Lipinski definition) is 1. The topological polar surface area (TPSA) is 75.2 Å². The lowest BCUT2D eigenvalue weighted by molar-refractivity contribution is 0.582. The molecule has 2 aromatic heterocycles. The third kappa shape index (κ3) is 4.00. The Balaban J connectivity index is 1.75. The predicted octanol–water partition coefficient (Wildman–Crippen LogP) is 2.58. The molecule has 0 unspecified atom stereocenters. The van der Waals surface area contributed by atoms with E-state index in [-0.39, 0.29) is 10.8 Å². The van der Waals surface area contributed by atoms with E-state index in [0.717, 1.165) is 43.0 Å². The Hall–Kier alpha value is -1.22. The van der Waals surface area contributed by atoms with Crippen LogP contribution in [-0.2, 0) is 16.6 Å². The van der Waals surface area contributed by atoms with Crippen LogP contribution in [-0.4, -0.2) is 31.5 Å². The van der Waals surface area contributed by atoms with Crippen LogP contribution in [0.2, 0.25) is 4.34 Å². The number of aromatic nitrogens is 2. The molecule has 3 heterocycles. The summed E-state index contributed by atoms with van der Waals surface area (Å²) in [4.78, 5) is 11.1. The van der Waals surface area contributed by atoms with Crippen molar-refractivity contribution in [3.8, 4) is 0 Å². The lowest BCUT2D eigenvalue weighted by Gasteiger charge is -2.16. The highest BCUT2D eigenvalue weighted by atomic mass is 35.5. The largest absolute Gasteiger partial charge is 0.341 e. The van der Waals surface area contributed by atoms with Crippen LogP contribution in [0.4, 0.5) is 5.95 Å². The zero-order valence-corrected chi connectivity index (χ0v) is 15.0. The molecule has 0 spiro atoms. The Labute approximate surface area is 144 Å². The van der Waals surface area contributed by atoms with Crippen molar-refractivity contribution >= 4 is 38.9 Å². The molecule has 1 aliphatic heterocycles. The van der Waals surface area contributed by atoms with Crippen molar-refractivity contribution in [2.24, 2.45) is 0 Å². The van der Waals surface area contributed by atoms with Crippen molar-refractivity contribution in [1.82, 2.24) is 14.7 Å². The SMILES string of the molecule is Cc1cc(CNS(=O)(=O)c2ccc(Cl)s2)nc(N2CCCC2)n1. The van der Waals surface area contributed by atoms with Gasteiger partial charge in [0, 0.05) is 18.8 Å². The van der Waals surface area contributed by atoms with Crippen LogP contribution < -0.4 is 9.62 Å². The highest BCUT2D eigenvalue weighted by molar-refractivity contribution is 7.91. The average Bonchev–Trinajstić information content (AvgIpc) is 3.16. The van der Waals surface area contributed by atoms with Gasteiger partial charge in [0.15, 0.2) is 0 Å². The van der Waals surface area contributed by atoms with E-state index in [4.69, 9.17) is 11.6 Å². The van der Waals surface area contributed by atoms with E-state index in [1.54, 1.807) is 12.1 Å². The molecule has 0 radical (unpaired) electrons. The summed E-state index contributed by atoms with van der Waals surface area (Å²) in [6.07, 6.45) is 2.27. The van der Waals surface area contributed by atoms with Gasteiger partial charge in [0.2, 0.25) is 16.0 Å². The second kappa shape index (κ2) is 6.72. The van der Waals surface area contributed by atoms with Gasteiger partial charge in [0.25, 0.3) is 0 Å². The minimum Gasteiger partial charge on any atom is -0.341 e. The summed E-state index contributed by atoms with van der Waals surface area (Å²) in [5.41, 5.74) is 1.49. The van der Waals surface area contributed by atoms with Gasteiger partial charge in [-0.15, -0.1) is 11.3 Å². The Morgan fingerprint density at radius 2 is 2.04 bits per heavy atom. The summed E-state index contributed by atoms with van der Waals surface area (Å²) >= 11 is 6.83. The maximum atomic E-state index is 12.2. The Kier molecular flexibility index (Phi) is 4.86. The van der Waals surface area contributed by atoms with E-state index >= 15 is 0 Å². The van der Waals surface area contributed by atoms with E-state index in [1.807, 2.05) is 6.92 Å². The van der Waals surface area contributed by atoms with Crippen LogP contribution in [0, 0.1) is 6.92 Å². The first kappa shape index (κ1) is 16.6. The molecular formula is C14H17ClN4O2S2. The van der Waals surface area contributed by atoms with Crippen molar-refractivity contribution in [3.63, 3.8) is 0 Å². The smallest absolute Gasteiger partial charge is 0.250 e. The van der Waals surface area contributed by atoms with Gasteiger partial charge in [-0.05, 0) is 38.0 Å². The number of rotatable bonds is 5. The van der Waals surface area contributed by atoms with Crippen molar-refractivity contribution in [2.45, 2.75) is 30.5 Å². The molecule has 0 bridgehead atoms. The highest BCUT2D eigenvalue weighted by Crippen LogP contribution is 2.25. The molecule has 3 rings (SSSR count). The van der Waals surface area contributed by atoms with Gasteiger partial charge in [-0.3, -0.25) is 0 Å². The fraction of sp³-hybridized carbons (Fsp3) is 0.429. The van der Waals surface area contributed by atoms with Crippen molar-refractivity contribution < 1.29 is 8.42 Å². The molecule has 6 nitrogen and oxygen atoms in total. The Morgan fingerprint density at radius 1 is 1.30 bits per heavy atom. The first-order valence-corrected chi connectivity index (χ1v) is 9.96. The molecule has 0 saturated carbocycles. The van der Waals surface area contributed by atoms with Gasteiger partial charge in [-0.2, -0.15) is 0 Å². The lowest BCUT2D eigenvalue weighted by atomic mass is 10.3. The van der Waals surface area contributed by atoms with Gasteiger partial charge in [-0.1, -0.05) is 11.6 Å². The first-order chi connectivity index (χ1) is 10.9. The summed E-state index contributed by atoms with van der Waals surface area (Å²) in [5.74, 6) is 0.677. The quantitative estimate of drug-likeness (QED) is 0.873. The fourth-order valence-electron chi connectivity index (χ4n) is 2.45. The fourth-order valence-corrected chi connectivity index (χ4v) is 4.97. The molecule has 0 amide bonds. The van der Waals surface area contributed by atoms with Gasteiger partial charge >= 0.3 is 0 Å². The number of hydrogen-bond acceptors (Lipinski definition) is 6. The van der Waals surface area contributed by atoms with Gasteiger partial charge in [0.1, 0.15) is 4.21 Å². The molecule has 2 aromatic rings. The maximum absolute atomic E-state index is 12.2. The number of halogens is 1. The molecule has 0 aromatic carbocycles. The monoisotopic (exact) mass is 372 g/mol. The van der Waals surface area contributed by atoms with Gasteiger partial charge in [-0.25, -0.2) is 23.1 Å². The summed E-state index contributed by atoms with van der Waals surface area (Å²) in [7, 11) is -3.57. The van der Waals surface area contributed by atoms with E-state index in [9.17, 15) is 8.42 Å². The molecule has 0 aliphatic carbocycles. The van der Waals surface area contributed by atoms with Crippen molar-refractivity contribution in [1.29, 1.82) is 0 Å². The maximum Gasteiger partial charge on any atom is 0.250 e. The van der Waals surface area contributed by atoms with E-state index in [0.29, 0.717) is 16.0 Å². The number of anilines is 1. The van der Waals surface area contributed by atoms with E-state index in [2.05, 4.69) is 19.6 Å². The standard InChI is InChI=1S/C14H17ClN4O2S2/c1-10-8-11(18-14(17-10)19-6-2-3-7-19)9-16-23(20,21)13-5-4-12(15)22-13/h4-5,8,16H,2-3,6-7,9H2,1H3. The Morgan fingerprint density at radius 3 is 2.70 bits per heavy atom. The third-order valence-electron chi connectivity index (χ3n) is 3.54. The van der Waals surface area contributed by atoms with Crippen molar-refractivity contribution in [2.75, 3.05) is 18.0 Å². The zero-order valence-electron chi connectivity index (χ0n) is 12.6. The summed E-state index contributed by atoms with van der Waals surface area (Å²) in [5, 5.41) is 0. The lowest BCUT2D eigenvalue weighted by Crippen LogP contribution is -2.25. The zero-order chi connectivity index (χ0) is 16.4. The van der Waals surface area contributed by atoms with Crippen LogP contribution in [0.3, 0.4) is 0 Å². The molecule has 1 aliphatic rings. The van der Waals surface area contributed by atoms with Crippen molar-refractivity contribution in [3.05, 3.63) is 33.9 Å². The Bertz CT molecular complexity index is 801. The minimum atomic E-state index is -3.57. The van der Waals surface area contributed by atoms with Gasteiger partial charge in [0.05, 0.1) is 16.6 Å². The molecular weight excluding hydrogens is 356 g/mol. The number of nitrogens with one attached hydrogen (secondary N) is 1. The highest BCUT2D eigenvalue weighted by Gasteiger charge is 2.19. The van der Waals surface area contributed by atoms with E-state index in [1.165, 1.54) is 6.07 Å². The molecule has 1 N–H and O–H groups in total. The number of aryl methyl sites for hydroxylation is 1. The average molecular weight is 373 g/mol. The first-order valence-electron chi connectivity index (χ1n) is 7.28. The molecule has 23 heavy (non-hydrogen) atoms. The molecule has 124 valence electrons. The number of sulfonamides is 1. The summed E-state index contributed by atoms with van der Waals surface area (Å²) in [6, 6.07) is 4.86. The van der Waals surface area contributed by atoms with Gasteiger partial charge < -0.3 is 4.90 Å². The molecule has 1 fully saturated rings. The predicted molar refractivity (Wildman–Crippen MR) is 91.6 cm³/mol. The van der Waals surface area contributed by atoms with Crippen LogP contribution in [0.15, 0.2) is 22.4 Å². The molecule has 9 heteroatoms. The number of thiophene rings is 1.